The molecule has 0 saturated carbocycles. The summed E-state index contributed by atoms with van der Waals surface area (Å²) in [5.74, 6) is -13.1. The predicted octanol–water partition coefficient (Wildman–Crippen LogP) is 0.00160. The predicted molar refractivity (Wildman–Crippen MR) is 181 cm³/mol. The molecule has 0 spiro atoms. The summed E-state index contributed by atoms with van der Waals surface area (Å²) in [6.45, 7) is 7.11. The van der Waals surface area contributed by atoms with Crippen molar-refractivity contribution in [2.24, 2.45) is 17.6 Å². The van der Waals surface area contributed by atoms with Crippen LogP contribution in [0.25, 0.3) is 0 Å². The Bertz CT molecular complexity index is 1530. The molecule has 1 aromatic rings. The summed E-state index contributed by atoms with van der Waals surface area (Å²) in [5, 5.41) is 51.2. The van der Waals surface area contributed by atoms with Crippen LogP contribution in [0.1, 0.15) is 65.5 Å². The van der Waals surface area contributed by atoms with Crippen molar-refractivity contribution in [1.29, 1.82) is 0 Å². The summed E-state index contributed by atoms with van der Waals surface area (Å²) < 4.78 is 63.5. The maximum absolute atomic E-state index is 13.5. The monoisotopic (exact) mass is 853 g/mol. The van der Waals surface area contributed by atoms with Crippen LogP contribution in [0.2, 0.25) is 0 Å². The summed E-state index contributed by atoms with van der Waals surface area (Å²) >= 11 is 0. The first-order valence-electron chi connectivity index (χ1n) is 16.6. The van der Waals surface area contributed by atoms with Crippen LogP contribution in [0.4, 0.5) is 26.3 Å². The molecule has 0 radical (unpaired) electrons. The fourth-order valence-corrected chi connectivity index (χ4v) is 4.11. The van der Waals surface area contributed by atoms with Gasteiger partial charge in [0.05, 0.1) is 18.8 Å². The maximum Gasteiger partial charge on any atom is 0.490 e. The summed E-state index contributed by atoms with van der Waals surface area (Å²) in [7, 11) is 0. The Balaban J connectivity index is 0. The fourth-order valence-electron chi connectivity index (χ4n) is 4.11. The number of hydrogen-bond donors (Lipinski definition) is 11. The molecule has 0 fully saturated rings. The quantitative estimate of drug-likeness (QED) is 0.0769. The van der Waals surface area contributed by atoms with Crippen molar-refractivity contribution >= 4 is 53.5 Å². The molecule has 0 bridgehead atoms. The van der Waals surface area contributed by atoms with Crippen LogP contribution in [-0.2, 0) is 49.6 Å². The van der Waals surface area contributed by atoms with Crippen LogP contribution < -0.4 is 27.0 Å². The number of amides is 4. The van der Waals surface area contributed by atoms with E-state index in [4.69, 9.17) is 35.7 Å². The number of imidazole rings is 1. The van der Waals surface area contributed by atoms with Gasteiger partial charge in [0.15, 0.2) is 0 Å². The second-order valence-corrected chi connectivity index (χ2v) is 12.9. The van der Waals surface area contributed by atoms with Crippen molar-refractivity contribution in [3.05, 3.63) is 18.2 Å². The number of H-pyrrole nitrogens is 1. The number of aromatic amines is 1. The normalized spacial score (nSPS) is 13.7. The second-order valence-electron chi connectivity index (χ2n) is 12.9. The lowest BCUT2D eigenvalue weighted by Crippen LogP contribution is -2.59. The van der Waals surface area contributed by atoms with Crippen LogP contribution in [0.3, 0.4) is 0 Å². The van der Waals surface area contributed by atoms with Crippen LogP contribution in [0, 0.1) is 11.8 Å². The number of aromatic nitrogens is 2. The molecule has 0 aliphatic carbocycles. The molecule has 0 aromatic carbocycles. The van der Waals surface area contributed by atoms with Gasteiger partial charge >= 0.3 is 42.2 Å². The third kappa shape index (κ3) is 24.5. The number of nitrogens with zero attached hydrogens (tertiary/aromatic N) is 1. The van der Waals surface area contributed by atoms with E-state index in [1.54, 1.807) is 27.7 Å². The minimum Gasteiger partial charge on any atom is -0.481 e. The highest BCUT2D eigenvalue weighted by atomic mass is 19.4. The molecule has 58 heavy (non-hydrogen) atoms. The zero-order chi connectivity index (χ0) is 45.7. The van der Waals surface area contributed by atoms with Crippen LogP contribution in [0.15, 0.2) is 12.5 Å². The van der Waals surface area contributed by atoms with Gasteiger partial charge in [0.2, 0.25) is 23.6 Å². The number of rotatable bonds is 20. The van der Waals surface area contributed by atoms with Gasteiger partial charge in [-0.2, -0.15) is 26.3 Å². The molecule has 21 nitrogen and oxygen atoms in total. The number of carbonyl (C=O) groups excluding carboxylic acids is 4. The number of nitrogens with one attached hydrogen (secondary N) is 5. The molecule has 27 heteroatoms. The number of halogens is 6. The van der Waals surface area contributed by atoms with Crippen molar-refractivity contribution in [3.63, 3.8) is 0 Å². The Morgan fingerprint density at radius 3 is 1.36 bits per heavy atom. The van der Waals surface area contributed by atoms with Gasteiger partial charge in [-0.15, -0.1) is 0 Å². The topological polar surface area (TPSA) is 358 Å². The Labute approximate surface area is 324 Å². The van der Waals surface area contributed by atoms with Gasteiger partial charge in [0, 0.05) is 24.7 Å². The molecule has 0 aliphatic heterocycles. The van der Waals surface area contributed by atoms with E-state index in [-0.39, 0.29) is 43.9 Å². The van der Waals surface area contributed by atoms with Crippen molar-refractivity contribution in [3.8, 4) is 0 Å². The molecule has 12 N–H and O–H groups in total. The standard InChI is InChI=1S/C27H43N7O10.2C2HF3O2/c1-13(2)7-17(31-23(39)16(28)5-6-21(35)36)24(40)33-19(9-15-11-29-12-30-15)26(42)32-18(8-14(3)4)25(41)34-20(27(43)44)10-22(37)38;2*3-2(4,5)1(6)7/h11-14,16-20H,5-10,28H2,1-4H3,(H,29,30)(H,31,39)(H,32,42)(H,33,40)(H,34,41)(H,35,36)(H,37,38)(H,43,44);2*(H,6,7)/t16-,17-,18-,19-,20-;;/m0../s1. The lowest BCUT2D eigenvalue weighted by molar-refractivity contribution is -0.193. The van der Waals surface area contributed by atoms with Crippen LogP contribution >= 0.6 is 0 Å². The first kappa shape index (κ1) is 54.1. The van der Waals surface area contributed by atoms with Crippen molar-refractivity contribution < 1.29 is 95.0 Å². The Morgan fingerprint density at radius 1 is 0.655 bits per heavy atom. The van der Waals surface area contributed by atoms with Crippen LogP contribution in [0.5, 0.6) is 0 Å². The average molecular weight is 854 g/mol. The van der Waals surface area contributed by atoms with E-state index in [1.807, 2.05) is 0 Å². The maximum atomic E-state index is 13.5. The molecule has 330 valence electrons. The first-order chi connectivity index (χ1) is 26.4. The number of carboxylic acids is 5. The molecular formula is C31H45F6N7O14. The highest BCUT2D eigenvalue weighted by molar-refractivity contribution is 5.96. The van der Waals surface area contributed by atoms with E-state index >= 15 is 0 Å². The number of carbonyl (C=O) groups is 9. The molecule has 0 saturated heterocycles. The summed E-state index contributed by atoms with van der Waals surface area (Å²) in [6.07, 6.45) is -8.68. The number of aliphatic carboxylic acids is 5. The average Bonchev–Trinajstić information content (AvgIpc) is 3.58. The molecule has 0 unspecified atom stereocenters. The SMILES string of the molecule is CC(C)C[C@H](NC(=O)[C@H](Cc1cnc[nH]1)NC(=O)[C@H](CC(C)C)NC(=O)[C@@H](N)CCC(=O)O)C(=O)N[C@@H](CC(=O)O)C(=O)O.O=C(O)C(F)(F)F.O=C(O)C(F)(F)F. The van der Waals surface area contributed by atoms with Gasteiger partial charge in [-0.1, -0.05) is 27.7 Å². The number of carboxylic acid groups (broad SMARTS) is 5. The van der Waals surface area contributed by atoms with Gasteiger partial charge in [0.25, 0.3) is 0 Å². The summed E-state index contributed by atoms with van der Waals surface area (Å²) in [4.78, 5) is 110. The molecule has 0 aliphatic rings. The zero-order valence-corrected chi connectivity index (χ0v) is 31.1. The number of hydrogen-bond acceptors (Lipinski definition) is 11. The van der Waals surface area contributed by atoms with Crippen LogP contribution in [-0.4, -0.2) is 132 Å². The Morgan fingerprint density at radius 2 is 1.03 bits per heavy atom. The van der Waals surface area contributed by atoms with E-state index in [0.29, 0.717) is 5.69 Å². The van der Waals surface area contributed by atoms with E-state index in [2.05, 4.69) is 31.2 Å². The van der Waals surface area contributed by atoms with Gasteiger partial charge < -0.3 is 57.5 Å². The minimum absolute atomic E-state index is 0.0575. The van der Waals surface area contributed by atoms with Gasteiger partial charge in [-0.3, -0.25) is 28.8 Å². The van der Waals surface area contributed by atoms with E-state index in [0.717, 1.165) is 0 Å². The summed E-state index contributed by atoms with van der Waals surface area (Å²) in [6, 6.07) is -6.65. The molecule has 4 amide bonds. The number of alkyl halides is 6. The minimum atomic E-state index is -5.08. The lowest BCUT2D eigenvalue weighted by atomic mass is 10.00. The largest absolute Gasteiger partial charge is 0.490 e. The highest BCUT2D eigenvalue weighted by Gasteiger charge is 2.39. The molecule has 1 aromatic heterocycles. The van der Waals surface area contributed by atoms with Crippen molar-refractivity contribution in [1.82, 2.24) is 31.2 Å². The second kappa shape index (κ2) is 25.3. The van der Waals surface area contributed by atoms with Gasteiger partial charge in [-0.25, -0.2) is 19.4 Å². The van der Waals surface area contributed by atoms with Crippen molar-refractivity contribution in [2.45, 2.75) is 109 Å². The van der Waals surface area contributed by atoms with Gasteiger partial charge in [-0.05, 0) is 31.1 Å². The van der Waals surface area contributed by atoms with E-state index < -0.39 is 102 Å². The Kier molecular flexibility index (Phi) is 23.6. The molecule has 1 rings (SSSR count). The molecular weight excluding hydrogens is 808 g/mol. The highest BCUT2D eigenvalue weighted by Crippen LogP contribution is 2.14. The lowest BCUT2D eigenvalue weighted by Gasteiger charge is -2.27. The molecule has 1 heterocycles. The summed E-state index contributed by atoms with van der Waals surface area (Å²) in [5.41, 5.74) is 6.24. The molecule has 5 atom stereocenters. The first-order valence-corrected chi connectivity index (χ1v) is 16.6. The van der Waals surface area contributed by atoms with Crippen molar-refractivity contribution in [2.75, 3.05) is 0 Å². The fraction of sp³-hybridized carbons (Fsp3) is 0.613. The third-order valence-electron chi connectivity index (χ3n) is 6.78. The van der Waals surface area contributed by atoms with E-state index in [1.165, 1.54) is 12.5 Å². The third-order valence-corrected chi connectivity index (χ3v) is 6.78. The smallest absolute Gasteiger partial charge is 0.481 e. The van der Waals surface area contributed by atoms with Gasteiger partial charge in [0.1, 0.15) is 24.2 Å². The van der Waals surface area contributed by atoms with E-state index in [9.17, 15) is 65.0 Å². The number of nitrogens with two attached hydrogens (primary N) is 1. The Hall–Kier alpha value is -6.02. The zero-order valence-electron chi connectivity index (χ0n) is 31.1.